The Kier molecular flexibility index (Phi) is 5.38. The number of ether oxygens (including phenoxy) is 1. The molecule has 0 spiro atoms. The van der Waals surface area contributed by atoms with Crippen molar-refractivity contribution in [2.45, 2.75) is 20.4 Å². The molecule has 136 valence electrons. The van der Waals surface area contributed by atoms with E-state index < -0.39 is 5.91 Å². The van der Waals surface area contributed by atoms with Gasteiger partial charge in [0, 0.05) is 17.2 Å². The average Bonchev–Trinajstić information content (AvgIpc) is 3.08. The van der Waals surface area contributed by atoms with Crippen molar-refractivity contribution < 1.29 is 14.3 Å². The second-order valence-corrected chi connectivity index (χ2v) is 7.52. The minimum Gasteiger partial charge on any atom is -0.465 e. The van der Waals surface area contributed by atoms with Crippen LogP contribution in [-0.2, 0) is 23.1 Å². The Bertz CT molecular complexity index is 1040. The summed E-state index contributed by atoms with van der Waals surface area (Å²) in [6.07, 6.45) is 0. The normalized spacial score (nSPS) is 11.9. The third-order valence-corrected chi connectivity index (χ3v) is 5.30. The monoisotopic (exact) mass is 436 g/mol. The molecule has 1 aromatic carbocycles. The van der Waals surface area contributed by atoms with Gasteiger partial charge in [0.25, 0.3) is 5.91 Å². The molecule has 2 heterocycles. The third-order valence-electron chi connectivity index (χ3n) is 3.77. The van der Waals surface area contributed by atoms with Crippen LogP contribution in [0.15, 0.2) is 33.7 Å². The predicted octanol–water partition coefficient (Wildman–Crippen LogP) is 2.81. The summed E-state index contributed by atoms with van der Waals surface area (Å²) in [5.41, 5.74) is 1.95. The second-order valence-electron chi connectivity index (χ2n) is 5.60. The number of benzene rings is 1. The van der Waals surface area contributed by atoms with Gasteiger partial charge in [0.05, 0.1) is 16.8 Å². The number of carbonyl (C=O) groups excluding carboxylic acids is 2. The maximum atomic E-state index is 12.5. The van der Waals surface area contributed by atoms with E-state index in [9.17, 15) is 9.59 Å². The zero-order valence-electron chi connectivity index (χ0n) is 14.5. The Morgan fingerprint density at radius 2 is 2.12 bits per heavy atom. The van der Waals surface area contributed by atoms with Crippen LogP contribution in [0.2, 0.25) is 0 Å². The van der Waals surface area contributed by atoms with Gasteiger partial charge in [0.15, 0.2) is 10.5 Å². The van der Waals surface area contributed by atoms with Gasteiger partial charge >= 0.3 is 5.97 Å². The summed E-state index contributed by atoms with van der Waals surface area (Å²) >= 11 is 4.77. The first-order valence-electron chi connectivity index (χ1n) is 7.93. The van der Waals surface area contributed by atoms with Gasteiger partial charge in [-0.25, -0.2) is 0 Å². The number of fused-ring (bicyclic) bond motifs is 1. The van der Waals surface area contributed by atoms with Crippen molar-refractivity contribution in [1.29, 1.82) is 0 Å². The van der Waals surface area contributed by atoms with Crippen LogP contribution in [-0.4, -0.2) is 32.8 Å². The highest BCUT2D eigenvalue weighted by atomic mass is 79.9. The predicted molar refractivity (Wildman–Crippen MR) is 102 cm³/mol. The van der Waals surface area contributed by atoms with Crippen molar-refractivity contribution in [3.8, 4) is 0 Å². The fraction of sp³-hybridized carbons (Fsp3) is 0.294. The summed E-state index contributed by atoms with van der Waals surface area (Å²) in [5.74, 6) is -0.824. The van der Waals surface area contributed by atoms with Gasteiger partial charge in [-0.15, -0.1) is 0 Å². The molecule has 1 amide bonds. The van der Waals surface area contributed by atoms with Crippen LogP contribution in [0.4, 0.5) is 0 Å². The Labute approximate surface area is 162 Å². The van der Waals surface area contributed by atoms with Crippen molar-refractivity contribution in [3.05, 3.63) is 44.9 Å². The molecule has 0 N–H and O–H groups in total. The van der Waals surface area contributed by atoms with Crippen molar-refractivity contribution in [2.75, 3.05) is 6.61 Å². The summed E-state index contributed by atoms with van der Waals surface area (Å²) in [6.45, 7) is 3.90. The van der Waals surface area contributed by atoms with Crippen LogP contribution >= 0.6 is 27.3 Å². The lowest BCUT2D eigenvalue weighted by molar-refractivity contribution is -0.143. The fourth-order valence-corrected chi connectivity index (χ4v) is 4.01. The first-order chi connectivity index (χ1) is 12.4. The number of aryl methyl sites for hydroxylation is 2. The molecule has 0 saturated carbocycles. The summed E-state index contributed by atoms with van der Waals surface area (Å²) in [7, 11) is 1.77. The number of hydrogen-bond acceptors (Lipinski definition) is 5. The van der Waals surface area contributed by atoms with Crippen molar-refractivity contribution in [3.63, 3.8) is 0 Å². The number of halogens is 1. The lowest BCUT2D eigenvalue weighted by Gasteiger charge is -2.05. The largest absolute Gasteiger partial charge is 0.465 e. The fourth-order valence-electron chi connectivity index (χ4n) is 2.43. The minimum absolute atomic E-state index is 0.0111. The highest BCUT2D eigenvalue weighted by Gasteiger charge is 2.15. The van der Waals surface area contributed by atoms with Crippen LogP contribution in [0.25, 0.3) is 10.2 Å². The van der Waals surface area contributed by atoms with Gasteiger partial charge in [-0.2, -0.15) is 10.1 Å². The highest BCUT2D eigenvalue weighted by molar-refractivity contribution is 9.10. The number of carbonyl (C=O) groups is 2. The smallest absolute Gasteiger partial charge is 0.326 e. The van der Waals surface area contributed by atoms with E-state index in [1.807, 2.05) is 25.1 Å². The van der Waals surface area contributed by atoms with Crippen LogP contribution in [0.1, 0.15) is 23.1 Å². The van der Waals surface area contributed by atoms with Gasteiger partial charge in [-0.1, -0.05) is 27.3 Å². The Morgan fingerprint density at radius 1 is 1.35 bits per heavy atom. The molecule has 0 atom stereocenters. The van der Waals surface area contributed by atoms with Gasteiger partial charge in [0.1, 0.15) is 6.54 Å². The van der Waals surface area contributed by atoms with E-state index in [4.69, 9.17) is 4.74 Å². The summed E-state index contributed by atoms with van der Waals surface area (Å²) < 4.78 is 10.2. The first-order valence-corrected chi connectivity index (χ1v) is 9.54. The standard InChI is InChI=1S/C17H17BrN4O3S/c1-4-25-15(23)9-22-13-6-5-11(18)8-14(13)26-17(22)19-16(24)12-7-10(2)21(3)20-12/h5-8H,4,9H2,1-3H3. The van der Waals surface area contributed by atoms with E-state index >= 15 is 0 Å². The number of amides is 1. The molecule has 26 heavy (non-hydrogen) atoms. The molecule has 0 aliphatic heterocycles. The number of aromatic nitrogens is 3. The molecular weight excluding hydrogens is 420 g/mol. The SMILES string of the molecule is CCOC(=O)Cn1c(=NC(=O)c2cc(C)n(C)n2)sc2cc(Br)ccc21. The zero-order chi connectivity index (χ0) is 18.8. The van der Waals surface area contributed by atoms with Crippen molar-refractivity contribution in [1.82, 2.24) is 14.3 Å². The van der Waals surface area contributed by atoms with Crippen LogP contribution in [0, 0.1) is 6.92 Å². The molecule has 3 rings (SSSR count). The molecule has 0 aliphatic carbocycles. The van der Waals surface area contributed by atoms with Crippen LogP contribution in [0.3, 0.4) is 0 Å². The van der Waals surface area contributed by atoms with E-state index in [-0.39, 0.29) is 18.2 Å². The molecule has 0 unspecified atom stereocenters. The number of nitrogens with zero attached hydrogens (tertiary/aromatic N) is 4. The van der Waals surface area contributed by atoms with E-state index in [1.165, 1.54) is 11.3 Å². The molecule has 0 radical (unpaired) electrons. The topological polar surface area (TPSA) is 78.5 Å². The maximum Gasteiger partial charge on any atom is 0.326 e. The molecule has 0 saturated heterocycles. The summed E-state index contributed by atoms with van der Waals surface area (Å²) in [4.78, 5) is 29.1. The number of rotatable bonds is 4. The molecule has 0 aliphatic rings. The Balaban J connectivity index is 2.10. The number of hydrogen-bond donors (Lipinski definition) is 0. The second kappa shape index (κ2) is 7.55. The van der Waals surface area contributed by atoms with Gasteiger partial charge < -0.3 is 9.30 Å². The number of esters is 1. The van der Waals surface area contributed by atoms with Gasteiger partial charge in [-0.3, -0.25) is 14.3 Å². The molecule has 9 heteroatoms. The minimum atomic E-state index is -0.447. The van der Waals surface area contributed by atoms with E-state index in [1.54, 1.807) is 29.3 Å². The molecule has 7 nitrogen and oxygen atoms in total. The first kappa shape index (κ1) is 18.5. The van der Waals surface area contributed by atoms with Crippen molar-refractivity contribution in [2.24, 2.45) is 12.0 Å². The lowest BCUT2D eigenvalue weighted by Crippen LogP contribution is -2.23. The average molecular weight is 437 g/mol. The molecule has 3 aromatic rings. The summed E-state index contributed by atoms with van der Waals surface area (Å²) in [6, 6.07) is 7.37. The van der Waals surface area contributed by atoms with E-state index in [2.05, 4.69) is 26.0 Å². The lowest BCUT2D eigenvalue weighted by atomic mass is 10.3. The van der Waals surface area contributed by atoms with Gasteiger partial charge in [-0.05, 0) is 38.1 Å². The quantitative estimate of drug-likeness (QED) is 0.589. The van der Waals surface area contributed by atoms with E-state index in [0.29, 0.717) is 11.4 Å². The molecular formula is C17H17BrN4O3S. The van der Waals surface area contributed by atoms with Crippen LogP contribution in [0.5, 0.6) is 0 Å². The van der Waals surface area contributed by atoms with Gasteiger partial charge in [0.2, 0.25) is 0 Å². The molecule has 0 fully saturated rings. The van der Waals surface area contributed by atoms with Crippen molar-refractivity contribution >= 4 is 49.4 Å². The summed E-state index contributed by atoms with van der Waals surface area (Å²) in [5, 5.41) is 4.16. The Hall–Kier alpha value is -2.26. The van der Waals surface area contributed by atoms with E-state index in [0.717, 1.165) is 20.4 Å². The zero-order valence-corrected chi connectivity index (χ0v) is 16.9. The van der Waals surface area contributed by atoms with Crippen LogP contribution < -0.4 is 4.80 Å². The third kappa shape index (κ3) is 3.78. The molecule has 0 bridgehead atoms. The highest BCUT2D eigenvalue weighted by Crippen LogP contribution is 2.22. The number of thiazole rings is 1. The molecule has 2 aromatic heterocycles. The Morgan fingerprint density at radius 3 is 2.77 bits per heavy atom. The maximum absolute atomic E-state index is 12.5.